The van der Waals surface area contributed by atoms with E-state index in [0.717, 1.165) is 16.5 Å². The Morgan fingerprint density at radius 3 is 2.84 bits per heavy atom. The van der Waals surface area contributed by atoms with Gasteiger partial charge in [-0.1, -0.05) is 18.2 Å². The molecule has 7 nitrogen and oxygen atoms in total. The summed E-state index contributed by atoms with van der Waals surface area (Å²) in [5.74, 6) is 0.502. The molecular weight excluding hydrogens is 318 g/mol. The van der Waals surface area contributed by atoms with Crippen LogP contribution in [0.4, 0.5) is 0 Å². The molecule has 134 valence electrons. The fourth-order valence-corrected chi connectivity index (χ4v) is 2.32. The van der Waals surface area contributed by atoms with Crippen molar-refractivity contribution in [3.8, 4) is 0 Å². The fourth-order valence-electron chi connectivity index (χ4n) is 2.32. The normalized spacial score (nSPS) is 11.4. The van der Waals surface area contributed by atoms with Crippen molar-refractivity contribution in [3.63, 3.8) is 0 Å². The van der Waals surface area contributed by atoms with E-state index in [1.165, 1.54) is 0 Å². The maximum Gasteiger partial charge on any atom is 0.239 e. The van der Waals surface area contributed by atoms with Gasteiger partial charge in [-0.25, -0.2) is 4.99 Å². The van der Waals surface area contributed by atoms with Crippen molar-refractivity contribution in [2.45, 2.75) is 13.5 Å². The minimum absolute atomic E-state index is 0.1000. The number of ether oxygens (including phenoxy) is 1. The molecule has 2 rings (SSSR count). The smallest absolute Gasteiger partial charge is 0.239 e. The number of para-hydroxylation sites is 1. The number of amides is 1. The van der Waals surface area contributed by atoms with Crippen LogP contribution in [0.25, 0.3) is 10.9 Å². The second-order valence-corrected chi connectivity index (χ2v) is 5.38. The number of guanidine groups is 1. The van der Waals surface area contributed by atoms with Gasteiger partial charge in [0.05, 0.1) is 25.2 Å². The van der Waals surface area contributed by atoms with Crippen molar-refractivity contribution in [2.75, 3.05) is 33.4 Å². The van der Waals surface area contributed by atoms with Gasteiger partial charge in [-0.3, -0.25) is 9.78 Å². The van der Waals surface area contributed by atoms with Crippen LogP contribution in [0.2, 0.25) is 0 Å². The minimum Gasteiger partial charge on any atom is -0.383 e. The molecule has 1 aromatic carbocycles. The Bertz CT molecular complexity index is 712. The van der Waals surface area contributed by atoms with Crippen LogP contribution in [-0.2, 0) is 16.1 Å². The lowest BCUT2D eigenvalue weighted by Gasteiger charge is -2.12. The molecule has 3 N–H and O–H groups in total. The third kappa shape index (κ3) is 6.04. The molecule has 1 heterocycles. The van der Waals surface area contributed by atoms with Gasteiger partial charge in [-0.2, -0.15) is 0 Å². The summed E-state index contributed by atoms with van der Waals surface area (Å²) in [6.07, 6.45) is 1.79. The predicted octanol–water partition coefficient (Wildman–Crippen LogP) is 1.05. The topological polar surface area (TPSA) is 87.6 Å². The van der Waals surface area contributed by atoms with Gasteiger partial charge in [0.2, 0.25) is 5.91 Å². The molecule has 0 unspecified atom stereocenters. The van der Waals surface area contributed by atoms with Crippen molar-refractivity contribution in [1.29, 1.82) is 0 Å². The lowest BCUT2D eigenvalue weighted by Crippen LogP contribution is -2.43. The first-order valence-electron chi connectivity index (χ1n) is 8.35. The van der Waals surface area contributed by atoms with E-state index in [4.69, 9.17) is 4.74 Å². The quantitative estimate of drug-likeness (QED) is 0.379. The van der Waals surface area contributed by atoms with Gasteiger partial charge >= 0.3 is 0 Å². The summed E-state index contributed by atoms with van der Waals surface area (Å²) in [5.41, 5.74) is 2.04. The molecule has 0 fully saturated rings. The number of aliphatic imine (C=N–C) groups is 1. The summed E-state index contributed by atoms with van der Waals surface area (Å²) in [6.45, 7) is 4.35. The van der Waals surface area contributed by atoms with Gasteiger partial charge in [0.15, 0.2) is 5.96 Å². The largest absolute Gasteiger partial charge is 0.383 e. The second kappa shape index (κ2) is 10.2. The molecule has 0 aliphatic rings. The van der Waals surface area contributed by atoms with E-state index in [1.54, 1.807) is 13.3 Å². The van der Waals surface area contributed by atoms with Crippen molar-refractivity contribution in [2.24, 2.45) is 4.99 Å². The lowest BCUT2D eigenvalue weighted by molar-refractivity contribution is -0.120. The number of carbonyl (C=O) groups is 1. The van der Waals surface area contributed by atoms with Crippen LogP contribution in [-0.4, -0.2) is 50.2 Å². The monoisotopic (exact) mass is 343 g/mol. The zero-order chi connectivity index (χ0) is 17.9. The maximum atomic E-state index is 11.8. The first kappa shape index (κ1) is 18.7. The molecule has 0 bridgehead atoms. The molecule has 0 saturated carbocycles. The lowest BCUT2D eigenvalue weighted by atomic mass is 10.1. The van der Waals surface area contributed by atoms with E-state index in [2.05, 4.69) is 25.9 Å². The molecule has 0 spiro atoms. The first-order chi connectivity index (χ1) is 12.2. The highest BCUT2D eigenvalue weighted by atomic mass is 16.5. The first-order valence-corrected chi connectivity index (χ1v) is 8.35. The Kier molecular flexibility index (Phi) is 7.65. The van der Waals surface area contributed by atoms with Crippen molar-refractivity contribution in [1.82, 2.24) is 20.9 Å². The highest BCUT2D eigenvalue weighted by Crippen LogP contribution is 2.16. The van der Waals surface area contributed by atoms with Crippen LogP contribution < -0.4 is 16.0 Å². The highest BCUT2D eigenvalue weighted by molar-refractivity contribution is 5.87. The minimum atomic E-state index is -0.1000. The van der Waals surface area contributed by atoms with Crippen LogP contribution in [0.3, 0.4) is 0 Å². The number of methoxy groups -OCH3 is 1. The number of carbonyl (C=O) groups excluding carboxylic acids is 1. The molecule has 25 heavy (non-hydrogen) atoms. The summed E-state index contributed by atoms with van der Waals surface area (Å²) in [6, 6.07) is 9.95. The molecule has 0 aliphatic heterocycles. The van der Waals surface area contributed by atoms with E-state index >= 15 is 0 Å². The molecule has 0 atom stereocenters. The SMILES string of the molecule is CCNC(=NCc1ccnc2ccccc12)NCC(=O)NCCOC. The summed E-state index contributed by atoms with van der Waals surface area (Å²) < 4.78 is 4.90. The zero-order valence-electron chi connectivity index (χ0n) is 14.7. The number of pyridine rings is 1. The molecular formula is C18H25N5O2. The van der Waals surface area contributed by atoms with Gasteiger partial charge in [0, 0.05) is 31.8 Å². The number of rotatable bonds is 8. The molecule has 1 aromatic heterocycles. The standard InChI is InChI=1S/C18H25N5O2/c1-3-19-18(23-13-17(24)21-10-11-25-2)22-12-14-8-9-20-16-7-5-4-6-15(14)16/h4-9H,3,10-13H2,1-2H3,(H,21,24)(H2,19,22,23). The third-order valence-electron chi connectivity index (χ3n) is 3.54. The Morgan fingerprint density at radius 2 is 2.04 bits per heavy atom. The zero-order valence-corrected chi connectivity index (χ0v) is 14.7. The van der Waals surface area contributed by atoms with E-state index in [1.807, 2.05) is 37.3 Å². The van der Waals surface area contributed by atoms with Crippen molar-refractivity contribution < 1.29 is 9.53 Å². The predicted molar refractivity (Wildman–Crippen MR) is 99.4 cm³/mol. The van der Waals surface area contributed by atoms with Crippen LogP contribution in [0.15, 0.2) is 41.5 Å². The number of benzene rings is 1. The van der Waals surface area contributed by atoms with Gasteiger partial charge in [0.1, 0.15) is 0 Å². The summed E-state index contributed by atoms with van der Waals surface area (Å²) >= 11 is 0. The number of hydrogen-bond acceptors (Lipinski definition) is 4. The van der Waals surface area contributed by atoms with Crippen LogP contribution in [0.5, 0.6) is 0 Å². The molecule has 0 saturated heterocycles. The molecule has 2 aromatic rings. The number of fused-ring (bicyclic) bond motifs is 1. The van der Waals surface area contributed by atoms with E-state index in [0.29, 0.717) is 32.2 Å². The van der Waals surface area contributed by atoms with Crippen LogP contribution >= 0.6 is 0 Å². The average Bonchev–Trinajstić information content (AvgIpc) is 2.64. The molecule has 0 aliphatic carbocycles. The molecule has 1 amide bonds. The number of aromatic nitrogens is 1. The fraction of sp³-hybridized carbons (Fsp3) is 0.389. The second-order valence-electron chi connectivity index (χ2n) is 5.38. The Balaban J connectivity index is 1.98. The van der Waals surface area contributed by atoms with E-state index in [-0.39, 0.29) is 12.5 Å². The van der Waals surface area contributed by atoms with Crippen molar-refractivity contribution >= 4 is 22.8 Å². The average molecular weight is 343 g/mol. The van der Waals surface area contributed by atoms with Gasteiger partial charge in [-0.05, 0) is 24.6 Å². The van der Waals surface area contributed by atoms with Gasteiger partial charge in [-0.15, -0.1) is 0 Å². The summed E-state index contributed by atoms with van der Waals surface area (Å²) in [7, 11) is 1.60. The van der Waals surface area contributed by atoms with Gasteiger partial charge in [0.25, 0.3) is 0 Å². The Morgan fingerprint density at radius 1 is 1.20 bits per heavy atom. The number of nitrogens with one attached hydrogen (secondary N) is 3. The van der Waals surface area contributed by atoms with E-state index in [9.17, 15) is 4.79 Å². The van der Waals surface area contributed by atoms with Gasteiger partial charge < -0.3 is 20.7 Å². The summed E-state index contributed by atoms with van der Waals surface area (Å²) in [5, 5.41) is 10.0. The Labute approximate surface area is 147 Å². The van der Waals surface area contributed by atoms with Crippen LogP contribution in [0, 0.1) is 0 Å². The summed E-state index contributed by atoms with van der Waals surface area (Å²) in [4.78, 5) is 20.7. The third-order valence-corrected chi connectivity index (χ3v) is 3.54. The maximum absolute atomic E-state index is 11.8. The van der Waals surface area contributed by atoms with E-state index < -0.39 is 0 Å². The highest BCUT2D eigenvalue weighted by Gasteiger charge is 2.04. The van der Waals surface area contributed by atoms with Crippen molar-refractivity contribution in [3.05, 3.63) is 42.1 Å². The molecule has 7 heteroatoms. The number of hydrogen-bond donors (Lipinski definition) is 3. The van der Waals surface area contributed by atoms with Crippen LogP contribution in [0.1, 0.15) is 12.5 Å². The molecule has 0 radical (unpaired) electrons. The Hall–Kier alpha value is -2.67. The number of nitrogens with zero attached hydrogens (tertiary/aromatic N) is 2.